The fourth-order valence-corrected chi connectivity index (χ4v) is 3.63. The van der Waals surface area contributed by atoms with Crippen LogP contribution in [0, 0.1) is 26.7 Å². The number of benzene rings is 1. The number of aryl methyl sites for hydroxylation is 4. The van der Waals surface area contributed by atoms with Gasteiger partial charge in [-0.05, 0) is 57.2 Å². The number of aromatic nitrogens is 4. The first-order valence-electron chi connectivity index (χ1n) is 8.97. The van der Waals surface area contributed by atoms with Crippen molar-refractivity contribution in [2.45, 2.75) is 39.7 Å². The summed E-state index contributed by atoms with van der Waals surface area (Å²) in [6, 6.07) is 5.91. The third-order valence-corrected chi connectivity index (χ3v) is 5.03. The third kappa shape index (κ3) is 2.96. The Balaban J connectivity index is 1.75. The maximum atomic E-state index is 13.2. The number of hydrogen-bond donors (Lipinski definition) is 1. The lowest BCUT2D eigenvalue weighted by Crippen LogP contribution is -2.32. The predicted molar refractivity (Wildman–Crippen MR) is 99.9 cm³/mol. The molecule has 0 radical (unpaired) electrons. The number of amides is 1. The van der Waals surface area contributed by atoms with Crippen LogP contribution in [0.3, 0.4) is 0 Å². The van der Waals surface area contributed by atoms with E-state index in [0.717, 1.165) is 46.4 Å². The molecule has 3 aromatic rings. The fraction of sp³-hybridized carbons (Fsp3) is 0.400. The summed E-state index contributed by atoms with van der Waals surface area (Å²) >= 11 is 0. The molecule has 2 aromatic heterocycles. The van der Waals surface area contributed by atoms with Gasteiger partial charge in [-0.25, -0.2) is 4.98 Å². The Bertz CT molecular complexity index is 1000. The van der Waals surface area contributed by atoms with Gasteiger partial charge in [0.25, 0.3) is 5.91 Å². The zero-order valence-electron chi connectivity index (χ0n) is 15.6. The molecule has 0 spiro atoms. The van der Waals surface area contributed by atoms with Gasteiger partial charge in [0.2, 0.25) is 0 Å². The van der Waals surface area contributed by atoms with Crippen molar-refractivity contribution in [1.82, 2.24) is 25.1 Å². The fourth-order valence-electron chi connectivity index (χ4n) is 3.63. The minimum atomic E-state index is -0.107. The van der Waals surface area contributed by atoms with Gasteiger partial charge in [0.15, 0.2) is 0 Å². The summed E-state index contributed by atoms with van der Waals surface area (Å²) in [4.78, 5) is 22.2. The van der Waals surface area contributed by atoms with Crippen LogP contribution in [0.2, 0.25) is 0 Å². The second-order valence-electron chi connectivity index (χ2n) is 7.32. The summed E-state index contributed by atoms with van der Waals surface area (Å²) in [5.74, 6) is 1.16. The van der Waals surface area contributed by atoms with Gasteiger partial charge in [-0.15, -0.1) is 0 Å². The molecule has 6 nitrogen and oxygen atoms in total. The number of nitrogens with one attached hydrogen (secondary N) is 1. The topological polar surface area (TPSA) is 72.7 Å². The largest absolute Gasteiger partial charge is 0.342 e. The molecule has 1 aromatic carbocycles. The van der Waals surface area contributed by atoms with Crippen LogP contribution in [0.1, 0.15) is 51.9 Å². The normalized spacial score (nSPS) is 15.2. The van der Waals surface area contributed by atoms with Crippen LogP contribution in [0.4, 0.5) is 0 Å². The molecule has 1 fully saturated rings. The molecule has 26 heavy (non-hydrogen) atoms. The predicted octanol–water partition coefficient (Wildman–Crippen LogP) is 3.17. The molecule has 1 aliphatic carbocycles. The lowest BCUT2D eigenvalue weighted by Gasteiger charge is -2.18. The zero-order chi connectivity index (χ0) is 18.4. The van der Waals surface area contributed by atoms with Crippen molar-refractivity contribution in [2.24, 2.45) is 13.0 Å². The number of carbonyl (C=O) groups is 1. The Kier molecular flexibility index (Phi) is 3.98. The van der Waals surface area contributed by atoms with Gasteiger partial charge in [-0.1, -0.05) is 11.6 Å². The molecule has 6 heteroatoms. The monoisotopic (exact) mass is 349 g/mol. The van der Waals surface area contributed by atoms with Crippen molar-refractivity contribution < 1.29 is 4.79 Å². The quantitative estimate of drug-likeness (QED) is 0.785. The molecule has 1 atom stereocenters. The average Bonchev–Trinajstić information content (AvgIpc) is 3.34. The number of nitrogens with zero attached hydrogens (tertiary/aromatic N) is 4. The first-order valence-corrected chi connectivity index (χ1v) is 8.97. The summed E-state index contributed by atoms with van der Waals surface area (Å²) in [5, 5.41) is 8.27. The summed E-state index contributed by atoms with van der Waals surface area (Å²) in [5.41, 5.74) is 4.62. The van der Waals surface area contributed by atoms with Crippen LogP contribution in [0.25, 0.3) is 10.9 Å². The van der Waals surface area contributed by atoms with Crippen molar-refractivity contribution >= 4 is 16.8 Å². The van der Waals surface area contributed by atoms with E-state index in [1.165, 1.54) is 6.33 Å². The van der Waals surface area contributed by atoms with Gasteiger partial charge in [-0.3, -0.25) is 14.5 Å². The van der Waals surface area contributed by atoms with Crippen molar-refractivity contribution in [3.8, 4) is 0 Å². The number of hydrogen-bond acceptors (Lipinski definition) is 4. The van der Waals surface area contributed by atoms with Gasteiger partial charge in [-0.2, -0.15) is 5.10 Å². The molecule has 1 aliphatic rings. The third-order valence-electron chi connectivity index (χ3n) is 5.03. The van der Waals surface area contributed by atoms with Crippen LogP contribution in [-0.4, -0.2) is 25.7 Å². The van der Waals surface area contributed by atoms with E-state index in [9.17, 15) is 4.79 Å². The van der Waals surface area contributed by atoms with Gasteiger partial charge < -0.3 is 5.32 Å². The minimum Gasteiger partial charge on any atom is -0.342 e. The van der Waals surface area contributed by atoms with Gasteiger partial charge in [0.05, 0.1) is 17.1 Å². The van der Waals surface area contributed by atoms with E-state index in [0.29, 0.717) is 11.5 Å². The van der Waals surface area contributed by atoms with Gasteiger partial charge in [0, 0.05) is 18.1 Å². The standard InChI is InChI=1S/C20H23N5O/c1-11-7-12(2)17-15(8-11)16(9-13(3)23-17)20(26)24-18(14-5-6-14)19-21-10-22-25(19)4/h7-10,14,18H,5-6H2,1-4H3,(H,24,26)/t18-/m1/s1. The average molecular weight is 349 g/mol. The van der Waals surface area contributed by atoms with E-state index < -0.39 is 0 Å². The summed E-state index contributed by atoms with van der Waals surface area (Å²) in [7, 11) is 1.86. The first-order chi connectivity index (χ1) is 12.4. The van der Waals surface area contributed by atoms with Gasteiger partial charge >= 0.3 is 0 Å². The molecule has 0 unspecified atom stereocenters. The summed E-state index contributed by atoms with van der Waals surface area (Å²) in [6.07, 6.45) is 3.74. The highest BCUT2D eigenvalue weighted by Gasteiger charge is 2.36. The highest BCUT2D eigenvalue weighted by Crippen LogP contribution is 2.40. The van der Waals surface area contributed by atoms with E-state index in [1.807, 2.05) is 40.0 Å². The van der Waals surface area contributed by atoms with Crippen LogP contribution >= 0.6 is 0 Å². The lowest BCUT2D eigenvalue weighted by atomic mass is 10.0. The molecular weight excluding hydrogens is 326 g/mol. The second-order valence-corrected chi connectivity index (χ2v) is 7.32. The number of rotatable bonds is 4. The Labute approximate surface area is 152 Å². The maximum absolute atomic E-state index is 13.2. The van der Waals surface area contributed by atoms with Crippen molar-refractivity contribution in [1.29, 1.82) is 0 Å². The SMILES string of the molecule is Cc1cc(C)c2nc(C)cc(C(=O)N[C@@H](c3ncnn3C)C3CC3)c2c1. The van der Waals surface area contributed by atoms with Crippen LogP contribution < -0.4 is 5.32 Å². The molecule has 2 heterocycles. The van der Waals surface area contributed by atoms with Crippen molar-refractivity contribution in [3.05, 3.63) is 52.7 Å². The summed E-state index contributed by atoms with van der Waals surface area (Å²) < 4.78 is 1.74. The molecule has 0 aliphatic heterocycles. The van der Waals surface area contributed by atoms with E-state index in [1.54, 1.807) is 4.68 Å². The Hall–Kier alpha value is -2.76. The number of pyridine rings is 1. The highest BCUT2D eigenvalue weighted by molar-refractivity contribution is 6.07. The molecule has 4 rings (SSSR count). The van der Waals surface area contributed by atoms with Crippen LogP contribution in [0.5, 0.6) is 0 Å². The first kappa shape index (κ1) is 16.7. The Morgan fingerprint density at radius 2 is 2.00 bits per heavy atom. The second kappa shape index (κ2) is 6.20. The summed E-state index contributed by atoms with van der Waals surface area (Å²) in [6.45, 7) is 6.01. The van der Waals surface area contributed by atoms with E-state index in [4.69, 9.17) is 0 Å². The molecule has 1 amide bonds. The van der Waals surface area contributed by atoms with E-state index >= 15 is 0 Å². The Morgan fingerprint density at radius 3 is 2.65 bits per heavy atom. The highest BCUT2D eigenvalue weighted by atomic mass is 16.1. The molecule has 1 N–H and O–H groups in total. The van der Waals surface area contributed by atoms with Crippen molar-refractivity contribution in [3.63, 3.8) is 0 Å². The molecule has 0 saturated heterocycles. The molecule has 134 valence electrons. The van der Waals surface area contributed by atoms with Gasteiger partial charge in [0.1, 0.15) is 12.2 Å². The van der Waals surface area contributed by atoms with Crippen LogP contribution in [-0.2, 0) is 7.05 Å². The molecule has 0 bridgehead atoms. The van der Waals surface area contributed by atoms with E-state index in [2.05, 4.69) is 26.4 Å². The number of carbonyl (C=O) groups excluding carboxylic acids is 1. The van der Waals surface area contributed by atoms with Crippen molar-refractivity contribution in [2.75, 3.05) is 0 Å². The molecule has 1 saturated carbocycles. The minimum absolute atomic E-state index is 0.0783. The number of fused-ring (bicyclic) bond motifs is 1. The van der Waals surface area contributed by atoms with E-state index in [-0.39, 0.29) is 11.9 Å². The smallest absolute Gasteiger partial charge is 0.252 e. The molecular formula is C20H23N5O. The lowest BCUT2D eigenvalue weighted by molar-refractivity contribution is 0.0930. The van der Waals surface area contributed by atoms with Crippen LogP contribution in [0.15, 0.2) is 24.5 Å². The maximum Gasteiger partial charge on any atom is 0.252 e. The Morgan fingerprint density at radius 1 is 1.23 bits per heavy atom. The zero-order valence-corrected chi connectivity index (χ0v) is 15.6.